The van der Waals surface area contributed by atoms with E-state index in [0.717, 1.165) is 0 Å². The molecule has 3 fully saturated rings. The van der Waals surface area contributed by atoms with Gasteiger partial charge in [-0.15, -0.1) is 0 Å². The summed E-state index contributed by atoms with van der Waals surface area (Å²) in [5.74, 6) is -0.325. The molecule has 3 N–H and O–H groups in total. The molecule has 1 unspecified atom stereocenters. The molecule has 2 aliphatic heterocycles. The summed E-state index contributed by atoms with van der Waals surface area (Å²) in [5.41, 5.74) is -2.99. The second-order valence-corrected chi connectivity index (χ2v) is 19.1. The van der Waals surface area contributed by atoms with Crippen molar-refractivity contribution < 1.29 is 51.5 Å². The standard InChI is InChI=1S/C36H55N7O11P2/c1-33(2)27-31(34(3,4)42(33)45)32(44)41-28-25-35(13-9-29(10-14-35)53-55(47,49-21-7-17-37)50-22-8-18-38)43(46)36(26-28)15-11-30(12-16-36)54-56(48,51-23-19-39-5)52-24-20-40-6/h27-30,45-46H,7-16,19-26H2,1-4H3,(H,41,44). The molecule has 56 heavy (non-hydrogen) atoms. The van der Waals surface area contributed by atoms with Crippen LogP contribution >= 0.6 is 15.6 Å². The predicted molar refractivity (Wildman–Crippen MR) is 199 cm³/mol. The van der Waals surface area contributed by atoms with Gasteiger partial charge >= 0.3 is 15.6 Å². The van der Waals surface area contributed by atoms with Crippen molar-refractivity contribution in [2.45, 2.75) is 145 Å². The summed E-state index contributed by atoms with van der Waals surface area (Å²) in [4.78, 5) is 20.4. The lowest BCUT2D eigenvalue weighted by atomic mass is 9.64. The Kier molecular flexibility index (Phi) is 15.8. The summed E-state index contributed by atoms with van der Waals surface area (Å²) in [6, 6.07) is 3.44. The first-order chi connectivity index (χ1) is 26.4. The quantitative estimate of drug-likeness (QED) is 0.0764. The first kappa shape index (κ1) is 45.9. The average Bonchev–Trinajstić information content (AvgIpc) is 3.31. The van der Waals surface area contributed by atoms with Gasteiger partial charge in [0.1, 0.15) is 13.2 Å². The van der Waals surface area contributed by atoms with Crippen molar-refractivity contribution in [1.29, 1.82) is 10.5 Å². The highest BCUT2D eigenvalue weighted by atomic mass is 31.2. The van der Waals surface area contributed by atoms with Gasteiger partial charge in [-0.1, -0.05) is 6.08 Å². The number of amides is 1. The van der Waals surface area contributed by atoms with Gasteiger partial charge in [-0.05, 0) is 91.9 Å². The van der Waals surface area contributed by atoms with E-state index in [4.69, 9.17) is 50.8 Å². The minimum absolute atomic E-state index is 0.0345. The summed E-state index contributed by atoms with van der Waals surface area (Å²) >= 11 is 0. The molecule has 0 bridgehead atoms. The van der Waals surface area contributed by atoms with Crippen molar-refractivity contribution in [2.75, 3.05) is 39.5 Å². The normalized spacial score (nSPS) is 29.2. The van der Waals surface area contributed by atoms with Gasteiger partial charge in [-0.3, -0.25) is 31.9 Å². The molecule has 4 aliphatic rings. The van der Waals surface area contributed by atoms with Crippen molar-refractivity contribution in [3.8, 4) is 12.1 Å². The van der Waals surface area contributed by atoms with E-state index in [1.54, 1.807) is 19.9 Å². The third-order valence-electron chi connectivity index (χ3n) is 11.1. The minimum Gasteiger partial charge on any atom is -0.349 e. The SMILES string of the molecule is [C-]#[N+]CCOP(=O)(OCC[N+]#[C-])OC1CCC2(CC1)CC(NC(=O)C1=CC(C)(C)N(O)C1(C)C)CC1(CCC(OP(=O)(OCCC#N)OCCC#N)CC1)N2O. The molecule has 2 heterocycles. The van der Waals surface area contributed by atoms with Gasteiger partial charge in [0.2, 0.25) is 19.0 Å². The molecule has 1 amide bonds. The lowest BCUT2D eigenvalue weighted by molar-refractivity contribution is -0.286. The summed E-state index contributed by atoms with van der Waals surface area (Å²) in [6.45, 7) is 20.4. The minimum atomic E-state index is -4.11. The lowest BCUT2D eigenvalue weighted by Crippen LogP contribution is -2.69. The van der Waals surface area contributed by atoms with Crippen molar-refractivity contribution in [3.63, 3.8) is 0 Å². The number of hydrogen-bond donors (Lipinski definition) is 3. The predicted octanol–water partition coefficient (Wildman–Crippen LogP) is 6.49. The number of rotatable bonds is 18. The Morgan fingerprint density at radius 1 is 0.804 bits per heavy atom. The maximum Gasteiger partial charge on any atom is 0.475 e. The van der Waals surface area contributed by atoms with E-state index in [0.29, 0.717) is 69.8 Å². The van der Waals surface area contributed by atoms with Crippen LogP contribution in [0.2, 0.25) is 0 Å². The van der Waals surface area contributed by atoms with E-state index < -0.39 is 56.1 Å². The smallest absolute Gasteiger partial charge is 0.349 e. The number of phosphoric acid groups is 2. The molecule has 0 aromatic heterocycles. The van der Waals surface area contributed by atoms with Gasteiger partial charge in [-0.25, -0.2) is 22.3 Å². The summed E-state index contributed by atoms with van der Waals surface area (Å²) < 4.78 is 60.4. The summed E-state index contributed by atoms with van der Waals surface area (Å²) in [7, 11) is -8.21. The molecule has 20 heteroatoms. The van der Waals surface area contributed by atoms with Crippen LogP contribution in [0.1, 0.15) is 105 Å². The van der Waals surface area contributed by atoms with E-state index in [1.165, 1.54) is 10.1 Å². The molecule has 0 aromatic rings. The lowest BCUT2D eigenvalue weighted by Gasteiger charge is -2.60. The highest BCUT2D eigenvalue weighted by molar-refractivity contribution is 7.48. The van der Waals surface area contributed by atoms with Crippen molar-refractivity contribution in [3.05, 3.63) is 34.5 Å². The number of nitrogens with zero attached hydrogens (tertiary/aromatic N) is 6. The van der Waals surface area contributed by atoms with Crippen LogP contribution in [-0.4, -0.2) is 106 Å². The topological polar surface area (TPSA) is 222 Å². The largest absolute Gasteiger partial charge is 0.475 e. The van der Waals surface area contributed by atoms with Gasteiger partial charge in [0, 0.05) is 22.7 Å². The van der Waals surface area contributed by atoms with Crippen LogP contribution in [0.4, 0.5) is 0 Å². The summed E-state index contributed by atoms with van der Waals surface area (Å²) in [6.07, 6.45) is 4.30. The molecule has 4 rings (SSSR count). The van der Waals surface area contributed by atoms with E-state index in [-0.39, 0.29) is 58.3 Å². The van der Waals surface area contributed by atoms with Gasteiger partial charge in [0.25, 0.3) is 0 Å². The third kappa shape index (κ3) is 11.0. The van der Waals surface area contributed by atoms with Gasteiger partial charge in [0.15, 0.2) is 0 Å². The Bertz CT molecular complexity index is 1540. The zero-order valence-corrected chi connectivity index (χ0v) is 34.5. The maximum absolute atomic E-state index is 14.0. The van der Waals surface area contributed by atoms with E-state index in [2.05, 4.69) is 15.0 Å². The van der Waals surface area contributed by atoms with Crippen molar-refractivity contribution >= 4 is 21.6 Å². The number of piperidine rings is 1. The second-order valence-electron chi connectivity index (χ2n) is 15.8. The van der Waals surface area contributed by atoms with Crippen molar-refractivity contribution in [2.24, 2.45) is 0 Å². The van der Waals surface area contributed by atoms with Crippen LogP contribution < -0.4 is 5.32 Å². The zero-order chi connectivity index (χ0) is 41.3. The fourth-order valence-corrected chi connectivity index (χ4v) is 11.2. The highest BCUT2D eigenvalue weighted by Gasteiger charge is 2.58. The van der Waals surface area contributed by atoms with Crippen LogP contribution in [0.15, 0.2) is 11.6 Å². The number of nitrogens with one attached hydrogen (secondary N) is 1. The van der Waals surface area contributed by atoms with E-state index in [1.807, 2.05) is 26.0 Å². The Morgan fingerprint density at radius 2 is 1.21 bits per heavy atom. The molecule has 2 aliphatic carbocycles. The van der Waals surface area contributed by atoms with Crippen LogP contribution in [0, 0.1) is 35.8 Å². The van der Waals surface area contributed by atoms with Crippen LogP contribution in [0.5, 0.6) is 0 Å². The van der Waals surface area contributed by atoms with Crippen LogP contribution in [0.3, 0.4) is 0 Å². The number of hydroxylamine groups is 4. The first-order valence-corrected chi connectivity index (χ1v) is 21.9. The first-order valence-electron chi connectivity index (χ1n) is 19.0. The molecular weight excluding hydrogens is 768 g/mol. The van der Waals surface area contributed by atoms with Crippen molar-refractivity contribution in [1.82, 2.24) is 15.4 Å². The molecule has 2 spiro atoms. The molecule has 310 valence electrons. The molecule has 0 radical (unpaired) electrons. The number of carbonyl (C=O) groups excluding carboxylic acids is 1. The Labute approximate surface area is 329 Å². The molecule has 2 saturated carbocycles. The molecule has 0 aromatic carbocycles. The Hall–Kier alpha value is -2.77. The van der Waals surface area contributed by atoms with Gasteiger partial charge in [-0.2, -0.15) is 20.7 Å². The van der Waals surface area contributed by atoms with E-state index >= 15 is 0 Å². The molecule has 1 atom stereocenters. The zero-order valence-electron chi connectivity index (χ0n) is 32.7. The molecule has 1 saturated heterocycles. The molecule has 18 nitrogen and oxygen atoms in total. The number of carbonyl (C=O) groups is 1. The monoisotopic (exact) mass is 823 g/mol. The average molecular weight is 824 g/mol. The maximum atomic E-state index is 14.0. The number of nitriles is 2. The number of hydrogen-bond acceptors (Lipinski definition) is 15. The highest BCUT2D eigenvalue weighted by Crippen LogP contribution is 2.57. The Morgan fingerprint density at radius 3 is 1.57 bits per heavy atom. The van der Waals surface area contributed by atoms with E-state index in [9.17, 15) is 24.3 Å². The number of phosphoric ester groups is 2. The van der Waals surface area contributed by atoms with Gasteiger partial charge in [0.05, 0.1) is 61.5 Å². The summed E-state index contributed by atoms with van der Waals surface area (Å²) in [5, 5.41) is 46.9. The fraction of sp³-hybridized carbons (Fsp3) is 0.806. The fourth-order valence-electron chi connectivity index (χ4n) is 8.46. The molecular formula is C36H55N7O11P2. The Balaban J connectivity index is 1.55. The van der Waals surface area contributed by atoms with Crippen LogP contribution in [-0.2, 0) is 41.1 Å². The second kappa shape index (κ2) is 19.3. The van der Waals surface area contributed by atoms with Crippen LogP contribution in [0.25, 0.3) is 9.69 Å². The van der Waals surface area contributed by atoms with Gasteiger partial charge < -0.3 is 25.4 Å². The third-order valence-corrected chi connectivity index (χ3v) is 14.2.